The fourth-order valence-electron chi connectivity index (χ4n) is 2.87. The highest BCUT2D eigenvalue weighted by atomic mass is 16.5. The number of nitrogens with zero attached hydrogens (tertiary/aromatic N) is 2. The fraction of sp³-hybridized carbons (Fsp3) is 0.600. The Hall–Kier alpha value is -1.10. The zero-order chi connectivity index (χ0) is 13.1. The summed E-state index contributed by atoms with van der Waals surface area (Å²) in [4.78, 5) is 2.46. The number of hydrogen-bond donors (Lipinski definition) is 0. The van der Waals surface area contributed by atoms with Crippen molar-refractivity contribution in [1.29, 1.82) is 0 Å². The van der Waals surface area contributed by atoms with Crippen molar-refractivity contribution >= 4 is 0 Å². The van der Waals surface area contributed by atoms with Crippen LogP contribution < -0.4 is 10.1 Å². The van der Waals surface area contributed by atoms with Gasteiger partial charge in [-0.1, -0.05) is 6.07 Å². The number of fused-ring (bicyclic) bond motifs is 1. The smallest absolute Gasteiger partial charge is 0.119 e. The van der Waals surface area contributed by atoms with Gasteiger partial charge in [0.25, 0.3) is 0 Å². The molecule has 19 heavy (non-hydrogen) atoms. The molecule has 2 aliphatic heterocycles. The number of hydrogen-bond acceptors (Lipinski definition) is 3. The molecule has 1 saturated heterocycles. The van der Waals surface area contributed by atoms with Crippen LogP contribution in [0, 0.1) is 0 Å². The van der Waals surface area contributed by atoms with E-state index in [-0.39, 0.29) is 0 Å². The quantitative estimate of drug-likeness (QED) is 0.821. The van der Waals surface area contributed by atoms with E-state index in [1.165, 1.54) is 11.1 Å². The molecule has 0 amide bonds. The molecule has 3 rings (SSSR count). The van der Waals surface area contributed by atoms with E-state index in [2.05, 4.69) is 17.0 Å². The molecule has 1 atom stereocenters. The largest absolute Gasteiger partial charge is 0.497 e. The minimum absolute atomic E-state index is 0.313. The van der Waals surface area contributed by atoms with E-state index in [4.69, 9.17) is 14.8 Å². The van der Waals surface area contributed by atoms with Gasteiger partial charge in [0.1, 0.15) is 5.75 Å². The van der Waals surface area contributed by atoms with Crippen LogP contribution in [0.3, 0.4) is 0 Å². The molecule has 0 N–H and O–H groups in total. The number of morpholine rings is 1. The highest BCUT2D eigenvalue weighted by Gasteiger charge is 2.24. The van der Waals surface area contributed by atoms with Crippen LogP contribution in [0.4, 0.5) is 0 Å². The van der Waals surface area contributed by atoms with Crippen molar-refractivity contribution in [2.24, 2.45) is 0 Å². The van der Waals surface area contributed by atoms with Crippen molar-refractivity contribution in [3.8, 4) is 5.75 Å². The molecule has 103 valence electrons. The van der Waals surface area contributed by atoms with Crippen molar-refractivity contribution < 1.29 is 9.47 Å². The SMILES string of the molecule is COc1ccc2c(c1)CC[N]C2CN1CCOCC1. The number of rotatable bonds is 3. The molecule has 2 heterocycles. The van der Waals surface area contributed by atoms with Crippen LogP contribution >= 0.6 is 0 Å². The lowest BCUT2D eigenvalue weighted by atomic mass is 9.93. The summed E-state index contributed by atoms with van der Waals surface area (Å²) in [6.07, 6.45) is 1.03. The third-order valence-electron chi connectivity index (χ3n) is 3.97. The van der Waals surface area contributed by atoms with E-state index >= 15 is 0 Å². The fourth-order valence-corrected chi connectivity index (χ4v) is 2.87. The van der Waals surface area contributed by atoms with Crippen LogP contribution in [0.25, 0.3) is 0 Å². The molecule has 0 bridgehead atoms. The average Bonchev–Trinajstić information content (AvgIpc) is 2.48. The average molecular weight is 261 g/mol. The topological polar surface area (TPSA) is 35.8 Å². The second-order valence-electron chi connectivity index (χ2n) is 5.15. The van der Waals surface area contributed by atoms with Crippen molar-refractivity contribution in [1.82, 2.24) is 10.2 Å². The maximum atomic E-state index is 5.40. The van der Waals surface area contributed by atoms with E-state index in [1.54, 1.807) is 7.11 Å². The third-order valence-corrected chi connectivity index (χ3v) is 3.97. The molecule has 0 aromatic heterocycles. The monoisotopic (exact) mass is 261 g/mol. The summed E-state index contributed by atoms with van der Waals surface area (Å²) < 4.78 is 10.7. The zero-order valence-corrected chi connectivity index (χ0v) is 11.5. The molecule has 0 spiro atoms. The van der Waals surface area contributed by atoms with Gasteiger partial charge in [0.05, 0.1) is 26.4 Å². The molecule has 1 radical (unpaired) electrons. The maximum absolute atomic E-state index is 5.40. The first-order chi connectivity index (χ1) is 9.36. The number of benzene rings is 1. The standard InChI is InChI=1S/C15H21N2O2/c1-18-13-2-3-14-12(10-13)4-5-16-15(14)11-17-6-8-19-9-7-17/h2-3,10,15H,4-9,11H2,1H3. The van der Waals surface area contributed by atoms with Crippen molar-refractivity contribution in [2.45, 2.75) is 12.5 Å². The van der Waals surface area contributed by atoms with E-state index in [1.807, 2.05) is 6.07 Å². The second kappa shape index (κ2) is 5.90. The number of methoxy groups -OCH3 is 1. The molecule has 4 heteroatoms. The van der Waals surface area contributed by atoms with Crippen LogP contribution in [-0.4, -0.2) is 51.4 Å². The number of ether oxygens (including phenoxy) is 2. The Kier molecular flexibility index (Phi) is 4.01. The van der Waals surface area contributed by atoms with Crippen LogP contribution in [0.1, 0.15) is 17.2 Å². The minimum Gasteiger partial charge on any atom is -0.497 e. The Morgan fingerprint density at radius 1 is 1.37 bits per heavy atom. The van der Waals surface area contributed by atoms with E-state index in [9.17, 15) is 0 Å². The van der Waals surface area contributed by atoms with Crippen LogP contribution in [0.15, 0.2) is 18.2 Å². The molecule has 4 nitrogen and oxygen atoms in total. The summed E-state index contributed by atoms with van der Waals surface area (Å²) in [6, 6.07) is 6.71. The van der Waals surface area contributed by atoms with Crippen LogP contribution in [-0.2, 0) is 11.2 Å². The van der Waals surface area contributed by atoms with Gasteiger partial charge < -0.3 is 9.47 Å². The van der Waals surface area contributed by atoms with Crippen molar-refractivity contribution in [2.75, 3.05) is 46.5 Å². The van der Waals surface area contributed by atoms with Gasteiger partial charge in [-0.2, -0.15) is 0 Å². The van der Waals surface area contributed by atoms with Crippen LogP contribution in [0.5, 0.6) is 5.75 Å². The second-order valence-corrected chi connectivity index (χ2v) is 5.15. The molecule has 2 aliphatic rings. The minimum atomic E-state index is 0.313. The van der Waals surface area contributed by atoms with Gasteiger partial charge in [0, 0.05) is 26.2 Å². The lowest BCUT2D eigenvalue weighted by Crippen LogP contribution is -2.41. The summed E-state index contributed by atoms with van der Waals surface area (Å²) in [6.45, 7) is 5.69. The molecule has 1 unspecified atom stereocenters. The summed E-state index contributed by atoms with van der Waals surface area (Å²) in [5, 5.41) is 4.80. The molecule has 1 fully saturated rings. The van der Waals surface area contributed by atoms with Crippen molar-refractivity contribution in [3.05, 3.63) is 29.3 Å². The van der Waals surface area contributed by atoms with Gasteiger partial charge in [-0.05, 0) is 29.7 Å². The first kappa shape index (κ1) is 12.9. The van der Waals surface area contributed by atoms with Gasteiger partial charge >= 0.3 is 0 Å². The Morgan fingerprint density at radius 3 is 3.00 bits per heavy atom. The van der Waals surface area contributed by atoms with Gasteiger partial charge in [-0.15, -0.1) is 0 Å². The van der Waals surface area contributed by atoms with Crippen molar-refractivity contribution in [3.63, 3.8) is 0 Å². The summed E-state index contributed by atoms with van der Waals surface area (Å²) in [7, 11) is 1.72. The highest BCUT2D eigenvalue weighted by molar-refractivity contribution is 5.39. The predicted molar refractivity (Wildman–Crippen MR) is 73.7 cm³/mol. The lowest BCUT2D eigenvalue weighted by Gasteiger charge is -2.33. The van der Waals surface area contributed by atoms with Gasteiger partial charge in [0.2, 0.25) is 0 Å². The van der Waals surface area contributed by atoms with E-state index in [0.29, 0.717) is 6.04 Å². The molecule has 1 aromatic rings. The summed E-state index contributed by atoms with van der Waals surface area (Å²) in [5.41, 5.74) is 2.77. The summed E-state index contributed by atoms with van der Waals surface area (Å²) in [5.74, 6) is 0.950. The van der Waals surface area contributed by atoms with Gasteiger partial charge in [-0.25, -0.2) is 5.32 Å². The van der Waals surface area contributed by atoms with Crippen LogP contribution in [0.2, 0.25) is 0 Å². The molecular weight excluding hydrogens is 240 g/mol. The molecule has 0 saturated carbocycles. The third kappa shape index (κ3) is 2.91. The lowest BCUT2D eigenvalue weighted by molar-refractivity contribution is 0.0329. The Morgan fingerprint density at radius 2 is 2.21 bits per heavy atom. The molecular formula is C15H21N2O2. The summed E-state index contributed by atoms with van der Waals surface area (Å²) >= 11 is 0. The van der Waals surface area contributed by atoms with Gasteiger partial charge in [0.15, 0.2) is 0 Å². The molecule has 0 aliphatic carbocycles. The van der Waals surface area contributed by atoms with E-state index in [0.717, 1.165) is 51.6 Å². The maximum Gasteiger partial charge on any atom is 0.119 e. The molecule has 1 aromatic carbocycles. The Balaban J connectivity index is 1.74. The Labute approximate surface area is 114 Å². The zero-order valence-electron chi connectivity index (χ0n) is 11.5. The normalized spacial score (nSPS) is 23.9. The van der Waals surface area contributed by atoms with Gasteiger partial charge in [-0.3, -0.25) is 4.90 Å². The Bertz CT molecular complexity index is 430. The first-order valence-electron chi connectivity index (χ1n) is 7.00. The first-order valence-corrected chi connectivity index (χ1v) is 7.00. The predicted octanol–water partition coefficient (Wildman–Crippen LogP) is 1.23. The highest BCUT2D eigenvalue weighted by Crippen LogP contribution is 2.28. The van der Waals surface area contributed by atoms with E-state index < -0.39 is 0 Å².